The number of aryl methyl sites for hydroxylation is 2. The number of fused-ring (bicyclic) bond motifs is 1. The average molecular weight is 401 g/mol. The summed E-state index contributed by atoms with van der Waals surface area (Å²) in [7, 11) is 0. The highest BCUT2D eigenvalue weighted by molar-refractivity contribution is 6.32. The molecule has 1 aromatic heterocycles. The highest BCUT2D eigenvalue weighted by Crippen LogP contribution is 2.25. The molecule has 1 atom stereocenters. The topological polar surface area (TPSA) is 91.4 Å². The molecule has 2 aromatic carbocycles. The van der Waals surface area contributed by atoms with Gasteiger partial charge in [-0.25, -0.2) is 4.79 Å². The van der Waals surface area contributed by atoms with Gasteiger partial charge in [-0.3, -0.25) is 4.79 Å². The fourth-order valence-corrected chi connectivity index (χ4v) is 3.20. The summed E-state index contributed by atoms with van der Waals surface area (Å²) in [6.45, 7) is 3.42. The number of H-pyrrole nitrogens is 1. The van der Waals surface area contributed by atoms with Gasteiger partial charge in [-0.05, 0) is 48.7 Å². The Morgan fingerprint density at radius 1 is 1.21 bits per heavy atom. The summed E-state index contributed by atoms with van der Waals surface area (Å²) in [5.74, 6) is -1.09. The van der Waals surface area contributed by atoms with Crippen molar-refractivity contribution in [2.75, 3.05) is 6.61 Å². The number of ether oxygens (including phenoxy) is 1. The molecule has 0 saturated heterocycles. The summed E-state index contributed by atoms with van der Waals surface area (Å²) in [6.07, 6.45) is 1.94. The minimum Gasteiger partial charge on any atom is -0.484 e. The second-order valence-electron chi connectivity index (χ2n) is 6.68. The molecule has 0 radical (unpaired) electrons. The van der Waals surface area contributed by atoms with E-state index in [1.54, 1.807) is 18.3 Å². The number of carbonyl (C=O) groups excluding carboxylic acids is 1. The second kappa shape index (κ2) is 8.35. The lowest BCUT2D eigenvalue weighted by Gasteiger charge is -2.15. The van der Waals surface area contributed by atoms with Crippen molar-refractivity contribution in [1.82, 2.24) is 10.3 Å². The predicted molar refractivity (Wildman–Crippen MR) is 108 cm³/mol. The molecule has 146 valence electrons. The fourth-order valence-electron chi connectivity index (χ4n) is 3.09. The first-order chi connectivity index (χ1) is 13.3. The Morgan fingerprint density at radius 2 is 1.89 bits per heavy atom. The van der Waals surface area contributed by atoms with Gasteiger partial charge in [0.05, 0.1) is 0 Å². The van der Waals surface area contributed by atoms with E-state index >= 15 is 0 Å². The number of aromatic amines is 1. The van der Waals surface area contributed by atoms with Crippen molar-refractivity contribution in [1.29, 1.82) is 0 Å². The number of carbonyl (C=O) groups is 2. The third kappa shape index (κ3) is 4.46. The van der Waals surface area contributed by atoms with Crippen LogP contribution in [0.15, 0.2) is 42.6 Å². The van der Waals surface area contributed by atoms with Gasteiger partial charge in [0.2, 0.25) is 0 Å². The third-order valence-electron chi connectivity index (χ3n) is 4.51. The van der Waals surface area contributed by atoms with Gasteiger partial charge in [-0.2, -0.15) is 0 Å². The summed E-state index contributed by atoms with van der Waals surface area (Å²) in [5.41, 5.74) is 3.44. The van der Waals surface area contributed by atoms with Crippen LogP contribution >= 0.6 is 11.6 Å². The van der Waals surface area contributed by atoms with E-state index in [1.807, 2.05) is 38.1 Å². The van der Waals surface area contributed by atoms with Crippen LogP contribution < -0.4 is 10.1 Å². The van der Waals surface area contributed by atoms with E-state index < -0.39 is 17.9 Å². The Morgan fingerprint density at radius 3 is 2.57 bits per heavy atom. The summed E-state index contributed by atoms with van der Waals surface area (Å²) < 4.78 is 5.50. The minimum absolute atomic E-state index is 0.171. The lowest BCUT2D eigenvalue weighted by Crippen LogP contribution is -2.44. The van der Waals surface area contributed by atoms with Crippen LogP contribution in [-0.4, -0.2) is 34.6 Å². The zero-order valence-electron chi connectivity index (χ0n) is 15.6. The molecule has 0 aliphatic rings. The second-order valence-corrected chi connectivity index (χ2v) is 7.06. The molecule has 0 fully saturated rings. The van der Waals surface area contributed by atoms with Crippen LogP contribution in [0.3, 0.4) is 0 Å². The van der Waals surface area contributed by atoms with Crippen molar-refractivity contribution in [2.45, 2.75) is 26.3 Å². The van der Waals surface area contributed by atoms with E-state index in [4.69, 9.17) is 16.3 Å². The summed E-state index contributed by atoms with van der Waals surface area (Å²) in [5, 5.41) is 13.6. The van der Waals surface area contributed by atoms with E-state index in [9.17, 15) is 14.7 Å². The third-order valence-corrected chi connectivity index (χ3v) is 5.11. The van der Waals surface area contributed by atoms with Gasteiger partial charge in [-0.1, -0.05) is 29.8 Å². The maximum Gasteiger partial charge on any atom is 0.326 e. The standard InChI is InChI=1S/C21H21ClN2O4/c1-12-7-15(8-13(2)20(12)22)28-11-19(25)24-18(21(26)27)9-14-10-23-17-6-4-3-5-16(14)17/h3-8,10,18,23H,9,11H2,1-2H3,(H,24,25)(H,26,27)/t18-/m0/s1. The highest BCUT2D eigenvalue weighted by Gasteiger charge is 2.22. The van der Waals surface area contributed by atoms with Crippen molar-refractivity contribution in [3.8, 4) is 5.75 Å². The Hall–Kier alpha value is -2.99. The Kier molecular flexibility index (Phi) is 5.90. The fraction of sp³-hybridized carbons (Fsp3) is 0.238. The predicted octanol–water partition coefficient (Wildman–Crippen LogP) is 3.63. The molecule has 1 heterocycles. The summed E-state index contributed by atoms with van der Waals surface area (Å²) in [4.78, 5) is 27.0. The molecule has 0 unspecified atom stereocenters. The Labute approximate surface area is 167 Å². The van der Waals surface area contributed by atoms with Gasteiger partial charge in [-0.15, -0.1) is 0 Å². The number of amides is 1. The van der Waals surface area contributed by atoms with Crippen molar-refractivity contribution in [2.24, 2.45) is 0 Å². The van der Waals surface area contributed by atoms with E-state index in [-0.39, 0.29) is 13.0 Å². The van der Waals surface area contributed by atoms with Crippen LogP contribution in [0.5, 0.6) is 5.75 Å². The molecule has 28 heavy (non-hydrogen) atoms. The number of aromatic nitrogens is 1. The van der Waals surface area contributed by atoms with E-state index in [2.05, 4.69) is 10.3 Å². The number of nitrogens with one attached hydrogen (secondary N) is 2. The van der Waals surface area contributed by atoms with Crippen molar-refractivity contribution in [3.63, 3.8) is 0 Å². The van der Waals surface area contributed by atoms with Crippen LogP contribution in [0.4, 0.5) is 0 Å². The van der Waals surface area contributed by atoms with Crippen LogP contribution in [-0.2, 0) is 16.0 Å². The number of halogens is 1. The highest BCUT2D eigenvalue weighted by atomic mass is 35.5. The quantitative estimate of drug-likeness (QED) is 0.564. The van der Waals surface area contributed by atoms with Crippen molar-refractivity contribution >= 4 is 34.4 Å². The van der Waals surface area contributed by atoms with Crippen LogP contribution in [0.25, 0.3) is 10.9 Å². The minimum atomic E-state index is -1.10. The van der Waals surface area contributed by atoms with Crippen LogP contribution in [0.2, 0.25) is 5.02 Å². The molecule has 3 N–H and O–H groups in total. The molecule has 3 aromatic rings. The van der Waals surface area contributed by atoms with Gasteiger partial charge >= 0.3 is 5.97 Å². The number of para-hydroxylation sites is 1. The normalized spacial score (nSPS) is 12.0. The first-order valence-electron chi connectivity index (χ1n) is 8.82. The zero-order valence-corrected chi connectivity index (χ0v) is 16.3. The molecule has 3 rings (SSSR count). The molecule has 0 aliphatic heterocycles. The van der Waals surface area contributed by atoms with Gasteiger partial charge in [0.1, 0.15) is 11.8 Å². The first-order valence-corrected chi connectivity index (χ1v) is 9.19. The molecule has 6 nitrogen and oxygen atoms in total. The molecule has 1 amide bonds. The molecular weight excluding hydrogens is 380 g/mol. The summed E-state index contributed by atoms with van der Waals surface area (Å²) in [6, 6.07) is 10.0. The van der Waals surface area contributed by atoms with Crippen molar-refractivity contribution in [3.05, 3.63) is 64.3 Å². The Balaban J connectivity index is 1.64. The monoisotopic (exact) mass is 400 g/mol. The summed E-state index contributed by atoms with van der Waals surface area (Å²) >= 11 is 6.12. The molecule has 0 aliphatic carbocycles. The number of carboxylic acid groups (broad SMARTS) is 1. The van der Waals surface area contributed by atoms with Crippen LogP contribution in [0, 0.1) is 13.8 Å². The van der Waals surface area contributed by atoms with E-state index in [0.717, 1.165) is 27.6 Å². The van der Waals surface area contributed by atoms with Crippen LogP contribution in [0.1, 0.15) is 16.7 Å². The SMILES string of the molecule is Cc1cc(OCC(=O)N[C@@H](Cc2c[nH]c3ccccc23)C(=O)O)cc(C)c1Cl. The average Bonchev–Trinajstić information content (AvgIpc) is 3.06. The largest absolute Gasteiger partial charge is 0.484 e. The molecule has 0 bridgehead atoms. The Bertz CT molecular complexity index is 1010. The molecule has 7 heteroatoms. The maximum atomic E-state index is 12.2. The number of carboxylic acids is 1. The number of hydrogen-bond donors (Lipinski definition) is 3. The first kappa shape index (κ1) is 19.8. The van der Waals surface area contributed by atoms with E-state index in [1.165, 1.54) is 0 Å². The van der Waals surface area contributed by atoms with Crippen molar-refractivity contribution < 1.29 is 19.4 Å². The maximum absolute atomic E-state index is 12.2. The number of benzene rings is 2. The molecular formula is C21H21ClN2O4. The smallest absolute Gasteiger partial charge is 0.326 e. The van der Waals surface area contributed by atoms with Gasteiger partial charge in [0.25, 0.3) is 5.91 Å². The van der Waals surface area contributed by atoms with Gasteiger partial charge in [0, 0.05) is 28.5 Å². The number of hydrogen-bond acceptors (Lipinski definition) is 3. The molecule has 0 spiro atoms. The van der Waals surface area contributed by atoms with E-state index in [0.29, 0.717) is 10.8 Å². The molecule has 0 saturated carbocycles. The lowest BCUT2D eigenvalue weighted by molar-refractivity contribution is -0.142. The lowest BCUT2D eigenvalue weighted by atomic mass is 10.1. The number of rotatable bonds is 7. The zero-order chi connectivity index (χ0) is 20.3. The number of aliphatic carboxylic acids is 1. The van der Waals surface area contributed by atoms with Gasteiger partial charge < -0.3 is 20.1 Å². The van der Waals surface area contributed by atoms with Gasteiger partial charge in [0.15, 0.2) is 6.61 Å².